The summed E-state index contributed by atoms with van der Waals surface area (Å²) < 4.78 is 2.11. The minimum atomic E-state index is -0.720. The molecule has 2 saturated carbocycles. The third-order valence-electron chi connectivity index (χ3n) is 4.21. The van der Waals surface area contributed by atoms with Crippen molar-refractivity contribution in [1.82, 2.24) is 14.9 Å². The quantitative estimate of drug-likeness (QED) is 0.848. The molecule has 5 nitrogen and oxygen atoms in total. The summed E-state index contributed by atoms with van der Waals surface area (Å²) in [6.45, 7) is 1.97. The number of nitrogens with zero attached hydrogens (tertiary/aromatic N) is 2. The van der Waals surface area contributed by atoms with Crippen LogP contribution in [0, 0.1) is 6.92 Å². The van der Waals surface area contributed by atoms with E-state index < -0.39 is 11.5 Å². The van der Waals surface area contributed by atoms with Crippen LogP contribution in [0.3, 0.4) is 0 Å². The third-order valence-corrected chi connectivity index (χ3v) is 4.21. The number of aryl methyl sites for hydroxylation is 1. The van der Waals surface area contributed by atoms with E-state index in [9.17, 15) is 9.90 Å². The average Bonchev–Trinajstić information content (AvgIpc) is 2.85. The maximum Gasteiger partial charge on any atom is 0.323 e. The zero-order valence-corrected chi connectivity index (χ0v) is 10.6. The number of carboxylic acids is 1. The van der Waals surface area contributed by atoms with Crippen molar-refractivity contribution in [2.75, 3.05) is 0 Å². The minimum Gasteiger partial charge on any atom is -0.480 e. The van der Waals surface area contributed by atoms with Gasteiger partial charge in [-0.05, 0) is 39.0 Å². The van der Waals surface area contributed by atoms with Gasteiger partial charge in [0.25, 0.3) is 0 Å². The zero-order chi connectivity index (χ0) is 12.8. The van der Waals surface area contributed by atoms with E-state index in [4.69, 9.17) is 0 Å². The Morgan fingerprint density at radius 1 is 1.56 bits per heavy atom. The van der Waals surface area contributed by atoms with Gasteiger partial charge in [-0.25, -0.2) is 4.98 Å². The molecule has 0 saturated heterocycles. The highest BCUT2D eigenvalue weighted by Crippen LogP contribution is 2.40. The van der Waals surface area contributed by atoms with E-state index in [1.807, 2.05) is 13.1 Å². The molecule has 1 aromatic rings. The maximum absolute atomic E-state index is 11.6. The van der Waals surface area contributed by atoms with Crippen LogP contribution in [0.25, 0.3) is 0 Å². The molecule has 2 aliphatic rings. The smallest absolute Gasteiger partial charge is 0.323 e. The molecule has 3 rings (SSSR count). The van der Waals surface area contributed by atoms with Gasteiger partial charge in [-0.1, -0.05) is 0 Å². The Morgan fingerprint density at radius 3 is 2.89 bits per heavy atom. The number of hydrogen-bond acceptors (Lipinski definition) is 3. The van der Waals surface area contributed by atoms with Gasteiger partial charge < -0.3 is 9.67 Å². The van der Waals surface area contributed by atoms with Crippen molar-refractivity contribution in [3.63, 3.8) is 0 Å². The third kappa shape index (κ3) is 1.92. The van der Waals surface area contributed by atoms with Crippen LogP contribution in [0.15, 0.2) is 12.4 Å². The van der Waals surface area contributed by atoms with E-state index >= 15 is 0 Å². The molecule has 2 atom stereocenters. The van der Waals surface area contributed by atoms with E-state index in [-0.39, 0.29) is 6.04 Å². The fraction of sp³-hybridized carbons (Fsp3) is 0.692. The second-order valence-electron chi connectivity index (χ2n) is 5.58. The van der Waals surface area contributed by atoms with Crippen LogP contribution >= 0.6 is 0 Å². The first kappa shape index (κ1) is 11.7. The Labute approximate surface area is 106 Å². The van der Waals surface area contributed by atoms with Gasteiger partial charge >= 0.3 is 5.97 Å². The fourth-order valence-electron chi connectivity index (χ4n) is 3.04. The van der Waals surface area contributed by atoms with E-state index in [1.54, 1.807) is 6.20 Å². The van der Waals surface area contributed by atoms with Crippen molar-refractivity contribution in [3.8, 4) is 0 Å². The summed E-state index contributed by atoms with van der Waals surface area (Å²) in [5.41, 5.74) is -0.720. The molecule has 2 fully saturated rings. The van der Waals surface area contributed by atoms with Crippen LogP contribution < -0.4 is 5.32 Å². The Bertz CT molecular complexity index is 467. The lowest BCUT2D eigenvalue weighted by atomic mass is 9.97. The largest absolute Gasteiger partial charge is 0.480 e. The lowest BCUT2D eigenvalue weighted by molar-refractivity contribution is -0.144. The van der Waals surface area contributed by atoms with E-state index in [2.05, 4.69) is 14.9 Å². The van der Waals surface area contributed by atoms with Crippen LogP contribution in [0.4, 0.5) is 0 Å². The summed E-state index contributed by atoms with van der Waals surface area (Å²) in [5, 5.41) is 12.9. The Balaban J connectivity index is 1.79. The van der Waals surface area contributed by atoms with E-state index in [0.29, 0.717) is 18.9 Å². The number of carbonyl (C=O) groups is 1. The topological polar surface area (TPSA) is 67.2 Å². The van der Waals surface area contributed by atoms with Gasteiger partial charge in [-0.2, -0.15) is 0 Å². The van der Waals surface area contributed by atoms with Gasteiger partial charge in [0.1, 0.15) is 11.4 Å². The van der Waals surface area contributed by atoms with Gasteiger partial charge in [0, 0.05) is 24.5 Å². The Kier molecular flexibility index (Phi) is 2.66. The number of rotatable bonds is 4. The van der Waals surface area contributed by atoms with Gasteiger partial charge in [-0.15, -0.1) is 0 Å². The lowest BCUT2D eigenvalue weighted by Gasteiger charge is -2.26. The highest BCUT2D eigenvalue weighted by atomic mass is 16.4. The van der Waals surface area contributed by atoms with Crippen molar-refractivity contribution in [2.45, 2.75) is 56.7 Å². The summed E-state index contributed by atoms with van der Waals surface area (Å²) in [4.78, 5) is 15.8. The van der Waals surface area contributed by atoms with Gasteiger partial charge in [0.05, 0.1) is 0 Å². The molecule has 2 aliphatic carbocycles. The van der Waals surface area contributed by atoms with Crippen molar-refractivity contribution in [1.29, 1.82) is 0 Å². The molecule has 0 aromatic carbocycles. The predicted octanol–water partition coefficient (Wildman–Crippen LogP) is 1.49. The van der Waals surface area contributed by atoms with E-state index in [1.165, 1.54) is 0 Å². The summed E-state index contributed by atoms with van der Waals surface area (Å²) in [5.74, 6) is 0.266. The second-order valence-corrected chi connectivity index (χ2v) is 5.58. The molecule has 98 valence electrons. The zero-order valence-electron chi connectivity index (χ0n) is 10.6. The highest BCUT2D eigenvalue weighted by Gasteiger charge is 2.48. The second kappa shape index (κ2) is 4.09. The first-order valence-electron chi connectivity index (χ1n) is 6.61. The summed E-state index contributed by atoms with van der Waals surface area (Å²) in [7, 11) is 0. The van der Waals surface area contributed by atoms with Gasteiger partial charge in [-0.3, -0.25) is 10.1 Å². The molecule has 2 unspecified atom stereocenters. The normalized spacial score (nSPS) is 31.7. The molecule has 0 spiro atoms. The van der Waals surface area contributed by atoms with Crippen LogP contribution in [-0.2, 0) is 4.79 Å². The number of aromatic nitrogens is 2. The molecule has 1 aromatic heterocycles. The van der Waals surface area contributed by atoms with Crippen molar-refractivity contribution < 1.29 is 9.90 Å². The summed E-state index contributed by atoms with van der Waals surface area (Å²) >= 11 is 0. The number of aliphatic carboxylic acids is 1. The molecule has 0 radical (unpaired) electrons. The average molecular weight is 249 g/mol. The molecule has 5 heteroatoms. The first-order valence-corrected chi connectivity index (χ1v) is 6.61. The van der Waals surface area contributed by atoms with Crippen molar-refractivity contribution in [3.05, 3.63) is 18.2 Å². The first-order chi connectivity index (χ1) is 8.61. The molecule has 2 N–H and O–H groups in total. The van der Waals surface area contributed by atoms with E-state index in [0.717, 1.165) is 25.1 Å². The van der Waals surface area contributed by atoms with Gasteiger partial charge in [0.2, 0.25) is 0 Å². The van der Waals surface area contributed by atoms with Crippen LogP contribution in [0.5, 0.6) is 0 Å². The lowest BCUT2D eigenvalue weighted by Crippen LogP contribution is -2.51. The summed E-state index contributed by atoms with van der Waals surface area (Å²) in [6, 6.07) is 0.679. The minimum absolute atomic E-state index is 0.259. The predicted molar refractivity (Wildman–Crippen MR) is 66.4 cm³/mol. The fourth-order valence-corrected chi connectivity index (χ4v) is 3.04. The SMILES string of the molecule is Cc1nccn1C1CCC(NC2CC2)(C(=O)O)C1. The monoisotopic (exact) mass is 249 g/mol. The van der Waals surface area contributed by atoms with Crippen molar-refractivity contribution >= 4 is 5.97 Å². The number of hydrogen-bond donors (Lipinski definition) is 2. The molecule has 1 heterocycles. The Morgan fingerprint density at radius 2 is 2.33 bits per heavy atom. The molecule has 0 bridgehead atoms. The van der Waals surface area contributed by atoms with Crippen LogP contribution in [-0.4, -0.2) is 32.2 Å². The van der Waals surface area contributed by atoms with Gasteiger partial charge in [0.15, 0.2) is 0 Å². The Hall–Kier alpha value is -1.36. The summed E-state index contributed by atoms with van der Waals surface area (Å²) in [6.07, 6.45) is 8.24. The molecule has 0 amide bonds. The van der Waals surface area contributed by atoms with Crippen molar-refractivity contribution in [2.24, 2.45) is 0 Å². The number of nitrogens with one attached hydrogen (secondary N) is 1. The number of carboxylic acid groups (broad SMARTS) is 1. The maximum atomic E-state index is 11.6. The van der Waals surface area contributed by atoms with Crippen LogP contribution in [0.1, 0.15) is 44.0 Å². The number of imidazole rings is 1. The molecular weight excluding hydrogens is 230 g/mol. The molecular formula is C13H19N3O2. The van der Waals surface area contributed by atoms with Crippen LogP contribution in [0.2, 0.25) is 0 Å². The molecule has 18 heavy (non-hydrogen) atoms. The standard InChI is InChI=1S/C13H19N3O2/c1-9-14-6-7-16(9)11-4-5-13(8-11,12(17)18)15-10-2-3-10/h6-7,10-11,15H,2-5,8H2,1H3,(H,17,18). The molecule has 0 aliphatic heterocycles. The highest BCUT2D eigenvalue weighted by molar-refractivity contribution is 5.79.